The van der Waals surface area contributed by atoms with E-state index < -0.39 is 5.82 Å². The molecule has 2 aliphatic carbocycles. The molecule has 2 aromatic heterocycles. The van der Waals surface area contributed by atoms with Crippen molar-refractivity contribution in [2.45, 2.75) is 31.7 Å². The molecule has 0 saturated heterocycles. The molecule has 200 valence electrons. The fraction of sp³-hybridized carbons (Fsp3) is 0.407. The molecular formula is C27H31ClFN7OS. The van der Waals surface area contributed by atoms with Gasteiger partial charge in [-0.3, -0.25) is 14.8 Å². The topological polar surface area (TPSA) is 98.0 Å². The second kappa shape index (κ2) is 11.9. The van der Waals surface area contributed by atoms with Crippen LogP contribution in [0.3, 0.4) is 0 Å². The van der Waals surface area contributed by atoms with Crippen molar-refractivity contribution in [2.75, 3.05) is 37.3 Å². The van der Waals surface area contributed by atoms with Gasteiger partial charge in [0.25, 0.3) is 0 Å². The number of nitrogens with zero attached hydrogens (tertiary/aromatic N) is 3. The van der Waals surface area contributed by atoms with E-state index in [0.29, 0.717) is 38.6 Å². The predicted molar refractivity (Wildman–Crippen MR) is 151 cm³/mol. The number of likely N-dealkylation sites (N-methyl/N-ethyl adjacent to an activating group) is 1. The van der Waals surface area contributed by atoms with Crippen LogP contribution in [-0.2, 0) is 4.79 Å². The molecule has 1 aromatic carbocycles. The minimum Gasteiger partial charge on any atom is -0.353 e. The van der Waals surface area contributed by atoms with Crippen molar-refractivity contribution < 1.29 is 9.18 Å². The van der Waals surface area contributed by atoms with Crippen molar-refractivity contribution in [2.24, 2.45) is 11.8 Å². The third kappa shape index (κ3) is 6.55. The molecule has 0 unspecified atom stereocenters. The first kappa shape index (κ1) is 26.7. The van der Waals surface area contributed by atoms with Crippen molar-refractivity contribution in [3.05, 3.63) is 58.1 Å². The van der Waals surface area contributed by atoms with E-state index in [-0.39, 0.29) is 17.4 Å². The summed E-state index contributed by atoms with van der Waals surface area (Å²) in [4.78, 5) is 19.8. The number of H-pyrrole nitrogens is 1. The van der Waals surface area contributed by atoms with Gasteiger partial charge in [-0.15, -0.1) is 0 Å². The third-order valence-corrected chi connectivity index (χ3v) is 7.68. The van der Waals surface area contributed by atoms with E-state index in [1.165, 1.54) is 31.0 Å². The van der Waals surface area contributed by atoms with Gasteiger partial charge in [0.15, 0.2) is 0 Å². The molecule has 5 rings (SSSR count). The molecule has 2 heterocycles. The average Bonchev–Trinajstić information content (AvgIpc) is 3.69. The Labute approximate surface area is 231 Å². The first-order valence-corrected chi connectivity index (χ1v) is 13.7. The van der Waals surface area contributed by atoms with Crippen molar-refractivity contribution >= 4 is 46.9 Å². The normalized spacial score (nSPS) is 18.7. The fourth-order valence-corrected chi connectivity index (χ4v) is 5.03. The summed E-state index contributed by atoms with van der Waals surface area (Å²) < 4.78 is 14.7. The minimum atomic E-state index is -0.441. The Morgan fingerprint density at radius 2 is 2.05 bits per heavy atom. The SMILES string of the molecule is CNCCN(CC1CC1)C1CC(C(=O)Nc2cc(Nc3cc(-c4cc(Cl)ccc4F)n[nH]c3=S)ccn2)C1. The highest BCUT2D eigenvalue weighted by atomic mass is 35.5. The molecule has 8 nitrogen and oxygen atoms in total. The molecule has 0 bridgehead atoms. The highest BCUT2D eigenvalue weighted by molar-refractivity contribution is 7.71. The van der Waals surface area contributed by atoms with Crippen LogP contribution in [0.4, 0.5) is 21.6 Å². The number of rotatable bonds is 11. The van der Waals surface area contributed by atoms with Crippen LogP contribution in [0.15, 0.2) is 42.6 Å². The summed E-state index contributed by atoms with van der Waals surface area (Å²) in [5.74, 6) is 0.819. The largest absolute Gasteiger partial charge is 0.353 e. The van der Waals surface area contributed by atoms with Crippen molar-refractivity contribution in [1.82, 2.24) is 25.4 Å². The van der Waals surface area contributed by atoms with Gasteiger partial charge in [-0.2, -0.15) is 5.10 Å². The lowest BCUT2D eigenvalue weighted by Gasteiger charge is -2.42. The van der Waals surface area contributed by atoms with Gasteiger partial charge in [-0.25, -0.2) is 9.37 Å². The predicted octanol–water partition coefficient (Wildman–Crippen LogP) is 5.39. The zero-order valence-electron chi connectivity index (χ0n) is 21.1. The molecule has 0 spiro atoms. The number of pyridine rings is 1. The maximum atomic E-state index is 14.4. The number of halogens is 2. The molecule has 1 amide bonds. The quantitative estimate of drug-likeness (QED) is 0.236. The van der Waals surface area contributed by atoms with Crippen LogP contribution in [0.5, 0.6) is 0 Å². The van der Waals surface area contributed by atoms with Crippen LogP contribution in [0.2, 0.25) is 5.02 Å². The Kier molecular flexibility index (Phi) is 8.32. The van der Waals surface area contributed by atoms with E-state index in [2.05, 4.69) is 36.0 Å². The maximum Gasteiger partial charge on any atom is 0.228 e. The highest BCUT2D eigenvalue weighted by Gasteiger charge is 2.39. The van der Waals surface area contributed by atoms with Crippen LogP contribution >= 0.6 is 23.8 Å². The monoisotopic (exact) mass is 555 g/mol. The molecule has 2 fully saturated rings. The Bertz CT molecular complexity index is 1360. The van der Waals surface area contributed by atoms with E-state index in [9.17, 15) is 9.18 Å². The first-order valence-electron chi connectivity index (χ1n) is 12.9. The summed E-state index contributed by atoms with van der Waals surface area (Å²) in [6.07, 6.45) is 6.00. The Morgan fingerprint density at radius 1 is 1.24 bits per heavy atom. The average molecular weight is 556 g/mol. The molecule has 0 radical (unpaired) electrons. The van der Waals surface area contributed by atoms with Crippen molar-refractivity contribution in [3.63, 3.8) is 0 Å². The summed E-state index contributed by atoms with van der Waals surface area (Å²) in [5.41, 5.74) is 1.82. The number of nitrogens with one attached hydrogen (secondary N) is 4. The molecule has 0 aliphatic heterocycles. The fourth-order valence-electron chi connectivity index (χ4n) is 4.70. The van der Waals surface area contributed by atoms with Gasteiger partial charge in [0.1, 0.15) is 16.3 Å². The zero-order valence-corrected chi connectivity index (χ0v) is 22.7. The molecule has 11 heteroatoms. The molecule has 0 atom stereocenters. The number of carbonyl (C=O) groups is 1. The summed E-state index contributed by atoms with van der Waals surface area (Å²) >= 11 is 11.4. The molecule has 4 N–H and O–H groups in total. The van der Waals surface area contributed by atoms with E-state index in [4.69, 9.17) is 23.8 Å². The number of aromatic nitrogens is 3. The van der Waals surface area contributed by atoms with E-state index in [1.807, 2.05) is 7.05 Å². The van der Waals surface area contributed by atoms with Gasteiger partial charge in [-0.1, -0.05) is 23.8 Å². The number of hydrogen-bond donors (Lipinski definition) is 4. The number of carbonyl (C=O) groups excluding carboxylic acids is 1. The van der Waals surface area contributed by atoms with E-state index in [1.54, 1.807) is 24.4 Å². The summed E-state index contributed by atoms with van der Waals surface area (Å²) in [5, 5.41) is 16.7. The van der Waals surface area contributed by atoms with Crippen LogP contribution in [0, 0.1) is 22.3 Å². The number of anilines is 3. The standard InChI is InChI=1S/C27H31ClFN7OS/c1-30-8-9-36(15-16-2-3-16)20-10-17(11-20)26(37)33-25-13-19(6-7-31-25)32-24-14-23(34-35-27(24)38)21-12-18(28)4-5-22(21)29/h4-7,12-14,16-17,20,30H,2-3,8-11,15H2,1H3,(H,35,38)(H2,31,32,33,34,37). The lowest BCUT2D eigenvalue weighted by molar-refractivity contribution is -0.124. The zero-order chi connectivity index (χ0) is 26.6. The first-order chi connectivity index (χ1) is 18.4. The van der Waals surface area contributed by atoms with Crippen molar-refractivity contribution in [3.8, 4) is 11.3 Å². The number of aromatic amines is 1. The lowest BCUT2D eigenvalue weighted by Crippen LogP contribution is -2.50. The second-order valence-corrected chi connectivity index (χ2v) is 10.9. The second-order valence-electron chi connectivity index (χ2n) is 10.0. The Morgan fingerprint density at radius 3 is 2.82 bits per heavy atom. The van der Waals surface area contributed by atoms with Crippen LogP contribution < -0.4 is 16.0 Å². The van der Waals surface area contributed by atoms with Crippen molar-refractivity contribution in [1.29, 1.82) is 0 Å². The molecule has 3 aromatic rings. The summed E-state index contributed by atoms with van der Waals surface area (Å²) in [7, 11) is 1.97. The van der Waals surface area contributed by atoms with Crippen LogP contribution in [0.25, 0.3) is 11.3 Å². The van der Waals surface area contributed by atoms with Gasteiger partial charge in [0.2, 0.25) is 5.91 Å². The maximum absolute atomic E-state index is 14.4. The van der Waals surface area contributed by atoms with E-state index in [0.717, 1.165) is 38.4 Å². The summed E-state index contributed by atoms with van der Waals surface area (Å²) in [6.45, 7) is 3.11. The van der Waals surface area contributed by atoms with Crippen LogP contribution in [-0.4, -0.2) is 58.7 Å². The van der Waals surface area contributed by atoms with Crippen LogP contribution in [0.1, 0.15) is 25.7 Å². The van der Waals surface area contributed by atoms with Gasteiger partial charge >= 0.3 is 0 Å². The molecule has 2 aliphatic rings. The Hall–Kier alpha value is -2.92. The number of amides is 1. The highest BCUT2D eigenvalue weighted by Crippen LogP contribution is 2.37. The van der Waals surface area contributed by atoms with Gasteiger partial charge in [0, 0.05) is 60.1 Å². The number of benzene rings is 1. The minimum absolute atomic E-state index is 0.00851. The Balaban J connectivity index is 1.21. The lowest BCUT2D eigenvalue weighted by atomic mass is 9.78. The molecular weight excluding hydrogens is 525 g/mol. The third-order valence-electron chi connectivity index (χ3n) is 7.14. The smallest absolute Gasteiger partial charge is 0.228 e. The van der Waals surface area contributed by atoms with Gasteiger partial charge in [0.05, 0.1) is 11.4 Å². The van der Waals surface area contributed by atoms with E-state index >= 15 is 0 Å². The summed E-state index contributed by atoms with van der Waals surface area (Å²) in [6, 6.07) is 9.92. The number of hydrogen-bond acceptors (Lipinski definition) is 7. The molecule has 2 saturated carbocycles. The molecule has 38 heavy (non-hydrogen) atoms. The van der Waals surface area contributed by atoms with Gasteiger partial charge in [-0.05, 0) is 69.0 Å². The van der Waals surface area contributed by atoms with Gasteiger partial charge < -0.3 is 16.0 Å².